The van der Waals surface area contributed by atoms with E-state index in [0.29, 0.717) is 5.52 Å². The summed E-state index contributed by atoms with van der Waals surface area (Å²) >= 11 is 0. The van der Waals surface area contributed by atoms with Gasteiger partial charge in [-0.05, 0) is 6.07 Å². The van der Waals surface area contributed by atoms with E-state index < -0.39 is 4.92 Å². The van der Waals surface area contributed by atoms with Crippen molar-refractivity contribution < 1.29 is 4.92 Å². The van der Waals surface area contributed by atoms with E-state index in [-0.39, 0.29) is 5.69 Å². The maximum atomic E-state index is 10.3. The third kappa shape index (κ3) is 1.87. The van der Waals surface area contributed by atoms with E-state index in [0.717, 1.165) is 5.39 Å². The molecule has 1 aromatic carbocycles. The topological polar surface area (TPSA) is 71.8 Å². The molecular formula is C9H11N3O2. The molecule has 14 heavy (non-hydrogen) atoms. The lowest BCUT2D eigenvalue weighted by Gasteiger charge is -1.89. The number of H-pyrrole nitrogens is 1. The number of hydrogen-bond acceptors (Lipinski definition) is 3. The molecule has 5 nitrogen and oxygen atoms in total. The minimum absolute atomic E-state index is 0.0757. The summed E-state index contributed by atoms with van der Waals surface area (Å²) in [6, 6.07) is 4.58. The fourth-order valence-corrected chi connectivity index (χ4v) is 1.04. The number of fused-ring (bicyclic) bond motifs is 1. The highest BCUT2D eigenvalue weighted by molar-refractivity contribution is 5.80. The smallest absolute Gasteiger partial charge is 0.271 e. The van der Waals surface area contributed by atoms with Crippen LogP contribution in [0.25, 0.3) is 10.9 Å². The van der Waals surface area contributed by atoms with Crippen LogP contribution in [0.5, 0.6) is 0 Å². The van der Waals surface area contributed by atoms with Gasteiger partial charge in [-0.2, -0.15) is 5.10 Å². The molecular weight excluding hydrogens is 182 g/mol. The van der Waals surface area contributed by atoms with Crippen LogP contribution in [0.1, 0.15) is 13.8 Å². The summed E-state index contributed by atoms with van der Waals surface area (Å²) in [5.41, 5.74) is 0.760. The second kappa shape index (κ2) is 4.36. The number of aromatic amines is 1. The Hall–Kier alpha value is -1.91. The van der Waals surface area contributed by atoms with Crippen molar-refractivity contribution in [1.29, 1.82) is 0 Å². The van der Waals surface area contributed by atoms with Gasteiger partial charge in [0.15, 0.2) is 0 Å². The Kier molecular flexibility index (Phi) is 3.17. The molecule has 0 bridgehead atoms. The molecule has 0 aliphatic rings. The van der Waals surface area contributed by atoms with Crippen LogP contribution in [0.4, 0.5) is 5.69 Å². The summed E-state index contributed by atoms with van der Waals surface area (Å²) < 4.78 is 0. The van der Waals surface area contributed by atoms with Gasteiger partial charge >= 0.3 is 0 Å². The summed E-state index contributed by atoms with van der Waals surface area (Å²) in [4.78, 5) is 9.91. The summed E-state index contributed by atoms with van der Waals surface area (Å²) in [7, 11) is 0. The highest BCUT2D eigenvalue weighted by Gasteiger charge is 2.05. The number of nitrogens with zero attached hydrogens (tertiary/aromatic N) is 2. The first-order valence-electron chi connectivity index (χ1n) is 4.35. The maximum absolute atomic E-state index is 10.3. The molecule has 1 N–H and O–H groups in total. The van der Waals surface area contributed by atoms with Crippen molar-refractivity contribution in [3.8, 4) is 0 Å². The summed E-state index contributed by atoms with van der Waals surface area (Å²) in [5, 5.41) is 17.6. The standard InChI is InChI=1S/C7H5N3O2.C2H6/c11-10(12)6-2-1-5-4-8-9-7(5)3-6;1-2/h1-4H,(H,8,9);1-2H3. The first kappa shape index (κ1) is 10.2. The van der Waals surface area contributed by atoms with Gasteiger partial charge < -0.3 is 0 Å². The van der Waals surface area contributed by atoms with Gasteiger partial charge in [-0.15, -0.1) is 0 Å². The van der Waals surface area contributed by atoms with Gasteiger partial charge in [0.2, 0.25) is 0 Å². The summed E-state index contributed by atoms with van der Waals surface area (Å²) in [6.07, 6.45) is 1.62. The van der Waals surface area contributed by atoms with Crippen molar-refractivity contribution in [2.24, 2.45) is 0 Å². The van der Waals surface area contributed by atoms with Crippen molar-refractivity contribution in [3.05, 3.63) is 34.5 Å². The van der Waals surface area contributed by atoms with Crippen molar-refractivity contribution in [3.63, 3.8) is 0 Å². The number of nitro groups is 1. The van der Waals surface area contributed by atoms with E-state index in [1.807, 2.05) is 13.8 Å². The Morgan fingerprint density at radius 3 is 2.79 bits per heavy atom. The molecule has 0 amide bonds. The third-order valence-electron chi connectivity index (χ3n) is 1.64. The zero-order valence-electron chi connectivity index (χ0n) is 8.02. The zero-order chi connectivity index (χ0) is 10.6. The highest BCUT2D eigenvalue weighted by atomic mass is 16.6. The quantitative estimate of drug-likeness (QED) is 0.558. The van der Waals surface area contributed by atoms with Gasteiger partial charge in [0.25, 0.3) is 5.69 Å². The Labute approximate surface area is 80.9 Å². The van der Waals surface area contributed by atoms with Crippen LogP contribution in [0.3, 0.4) is 0 Å². The Morgan fingerprint density at radius 2 is 2.14 bits per heavy atom. The monoisotopic (exact) mass is 193 g/mol. The summed E-state index contributed by atoms with van der Waals surface area (Å²) in [5.74, 6) is 0. The Morgan fingerprint density at radius 1 is 1.43 bits per heavy atom. The highest BCUT2D eigenvalue weighted by Crippen LogP contribution is 2.17. The van der Waals surface area contributed by atoms with Crippen LogP contribution in [0.2, 0.25) is 0 Å². The number of hydrogen-bond donors (Lipinski definition) is 1. The third-order valence-corrected chi connectivity index (χ3v) is 1.64. The Bertz CT molecular complexity index is 436. The molecule has 2 aromatic rings. The number of nitrogens with one attached hydrogen (secondary N) is 1. The van der Waals surface area contributed by atoms with Crippen LogP contribution >= 0.6 is 0 Å². The van der Waals surface area contributed by atoms with E-state index >= 15 is 0 Å². The lowest BCUT2D eigenvalue weighted by molar-refractivity contribution is -0.384. The van der Waals surface area contributed by atoms with Crippen molar-refractivity contribution in [2.45, 2.75) is 13.8 Å². The molecule has 0 unspecified atom stereocenters. The molecule has 74 valence electrons. The van der Waals surface area contributed by atoms with Crippen molar-refractivity contribution in [1.82, 2.24) is 10.2 Å². The molecule has 5 heteroatoms. The second-order valence-electron chi connectivity index (χ2n) is 2.40. The molecule has 0 spiro atoms. The van der Waals surface area contributed by atoms with Crippen LogP contribution < -0.4 is 0 Å². The average molecular weight is 193 g/mol. The number of benzene rings is 1. The van der Waals surface area contributed by atoms with Crippen molar-refractivity contribution >= 4 is 16.6 Å². The van der Waals surface area contributed by atoms with E-state index in [2.05, 4.69) is 10.2 Å². The van der Waals surface area contributed by atoms with Gasteiger partial charge in [-0.25, -0.2) is 0 Å². The minimum atomic E-state index is -0.430. The average Bonchev–Trinajstić information content (AvgIpc) is 2.67. The minimum Gasteiger partial charge on any atom is -0.278 e. The fourth-order valence-electron chi connectivity index (χ4n) is 1.04. The maximum Gasteiger partial charge on any atom is 0.271 e. The number of non-ortho nitro benzene ring substituents is 1. The van der Waals surface area contributed by atoms with Crippen LogP contribution in [-0.4, -0.2) is 15.1 Å². The predicted octanol–water partition coefficient (Wildman–Crippen LogP) is 2.50. The molecule has 0 aliphatic carbocycles. The zero-order valence-corrected chi connectivity index (χ0v) is 8.02. The molecule has 0 saturated carbocycles. The largest absolute Gasteiger partial charge is 0.278 e. The molecule has 0 saturated heterocycles. The van der Waals surface area contributed by atoms with Gasteiger partial charge in [-0.3, -0.25) is 15.2 Å². The molecule has 0 fully saturated rings. The van der Waals surface area contributed by atoms with Gasteiger partial charge in [0, 0.05) is 17.5 Å². The summed E-state index contributed by atoms with van der Waals surface area (Å²) in [6.45, 7) is 4.00. The fraction of sp³-hybridized carbons (Fsp3) is 0.222. The molecule has 2 rings (SSSR count). The second-order valence-corrected chi connectivity index (χ2v) is 2.40. The van der Waals surface area contributed by atoms with Crippen molar-refractivity contribution in [2.75, 3.05) is 0 Å². The lowest BCUT2D eigenvalue weighted by atomic mass is 10.2. The van der Waals surface area contributed by atoms with Gasteiger partial charge in [-0.1, -0.05) is 13.8 Å². The van der Waals surface area contributed by atoms with E-state index in [4.69, 9.17) is 0 Å². The first-order valence-corrected chi connectivity index (χ1v) is 4.35. The lowest BCUT2D eigenvalue weighted by Crippen LogP contribution is -1.86. The molecule has 1 heterocycles. The first-order chi connectivity index (χ1) is 6.77. The van der Waals surface area contributed by atoms with Gasteiger partial charge in [0.05, 0.1) is 16.6 Å². The number of nitro benzene ring substituents is 1. The molecule has 0 atom stereocenters. The van der Waals surface area contributed by atoms with E-state index in [1.165, 1.54) is 12.1 Å². The number of aromatic nitrogens is 2. The van der Waals surface area contributed by atoms with Crippen LogP contribution in [0, 0.1) is 10.1 Å². The molecule has 0 aliphatic heterocycles. The SMILES string of the molecule is CC.O=[N+]([O-])c1ccc2cn[nH]c2c1. The van der Waals surface area contributed by atoms with Gasteiger partial charge in [0.1, 0.15) is 0 Å². The molecule has 1 aromatic heterocycles. The number of rotatable bonds is 1. The van der Waals surface area contributed by atoms with Crippen LogP contribution in [0.15, 0.2) is 24.4 Å². The van der Waals surface area contributed by atoms with E-state index in [9.17, 15) is 10.1 Å². The Balaban J connectivity index is 0.000000461. The predicted molar refractivity (Wildman–Crippen MR) is 54.1 cm³/mol. The normalized spacial score (nSPS) is 9.29. The van der Waals surface area contributed by atoms with E-state index in [1.54, 1.807) is 12.3 Å². The molecule has 0 radical (unpaired) electrons. The van der Waals surface area contributed by atoms with Crippen LogP contribution in [-0.2, 0) is 0 Å².